The van der Waals surface area contributed by atoms with Crippen LogP contribution in [0.25, 0.3) is 5.52 Å². The summed E-state index contributed by atoms with van der Waals surface area (Å²) in [5.74, 6) is -0.0848. The zero-order valence-corrected chi connectivity index (χ0v) is 16.0. The number of hydrogen-bond acceptors (Lipinski definition) is 3. The van der Waals surface area contributed by atoms with Crippen LogP contribution in [0.1, 0.15) is 51.5 Å². The van der Waals surface area contributed by atoms with E-state index in [1.807, 2.05) is 54.3 Å². The van der Waals surface area contributed by atoms with Gasteiger partial charge in [0, 0.05) is 25.8 Å². The van der Waals surface area contributed by atoms with Crippen molar-refractivity contribution in [3.8, 4) is 0 Å². The summed E-state index contributed by atoms with van der Waals surface area (Å²) < 4.78 is 1.72. The number of likely N-dealkylation sites (tertiary alicyclic amines) is 1. The number of rotatable bonds is 4. The van der Waals surface area contributed by atoms with E-state index < -0.39 is 0 Å². The van der Waals surface area contributed by atoms with Gasteiger partial charge in [0.15, 0.2) is 5.69 Å². The van der Waals surface area contributed by atoms with Crippen molar-refractivity contribution in [1.29, 1.82) is 0 Å². The normalized spacial score (nSPS) is 14.2. The van der Waals surface area contributed by atoms with E-state index in [2.05, 4.69) is 10.3 Å². The summed E-state index contributed by atoms with van der Waals surface area (Å²) in [5.41, 5.74) is 3.13. The van der Waals surface area contributed by atoms with Crippen LogP contribution in [0.15, 0.2) is 48.7 Å². The van der Waals surface area contributed by atoms with Crippen molar-refractivity contribution in [3.63, 3.8) is 0 Å². The Bertz CT molecular complexity index is 1000. The van der Waals surface area contributed by atoms with Crippen LogP contribution >= 0.6 is 0 Å². The smallest absolute Gasteiger partial charge is 0.290 e. The van der Waals surface area contributed by atoms with E-state index >= 15 is 0 Å². The predicted molar refractivity (Wildman–Crippen MR) is 107 cm³/mol. The van der Waals surface area contributed by atoms with Crippen molar-refractivity contribution in [2.24, 2.45) is 0 Å². The molecule has 1 saturated heterocycles. The monoisotopic (exact) mass is 376 g/mol. The van der Waals surface area contributed by atoms with Gasteiger partial charge >= 0.3 is 0 Å². The third-order valence-electron chi connectivity index (χ3n) is 5.17. The number of carbonyl (C=O) groups is 2. The molecule has 0 radical (unpaired) electrons. The minimum absolute atomic E-state index is 0.113. The van der Waals surface area contributed by atoms with Crippen LogP contribution in [0.2, 0.25) is 0 Å². The topological polar surface area (TPSA) is 66.7 Å². The molecule has 0 aliphatic carbocycles. The fourth-order valence-corrected chi connectivity index (χ4v) is 3.57. The van der Waals surface area contributed by atoms with Crippen LogP contribution < -0.4 is 5.32 Å². The summed E-state index contributed by atoms with van der Waals surface area (Å²) in [5, 5.41) is 2.92. The highest BCUT2D eigenvalue weighted by Crippen LogP contribution is 2.17. The highest BCUT2D eigenvalue weighted by molar-refractivity contribution is 6.02. The van der Waals surface area contributed by atoms with Crippen molar-refractivity contribution in [1.82, 2.24) is 19.6 Å². The number of aromatic nitrogens is 2. The standard InChI is InChI=1S/C22H24N4O2/c1-16-8-10-17(11-9-16)15-23-21(27)19-18-7-3-6-14-26(18)20(24-19)22(28)25-12-4-2-5-13-25/h3,6-11,14H,2,4-5,12-13,15H2,1H3,(H,23,27). The number of carbonyl (C=O) groups excluding carboxylic acids is 2. The third-order valence-corrected chi connectivity index (χ3v) is 5.17. The van der Waals surface area contributed by atoms with Crippen LogP contribution in [0.3, 0.4) is 0 Å². The van der Waals surface area contributed by atoms with Crippen molar-refractivity contribution in [2.75, 3.05) is 13.1 Å². The molecule has 2 amide bonds. The average molecular weight is 376 g/mol. The summed E-state index contributed by atoms with van der Waals surface area (Å²) >= 11 is 0. The Labute approximate surface area is 164 Å². The highest BCUT2D eigenvalue weighted by atomic mass is 16.2. The molecule has 6 heteroatoms. The predicted octanol–water partition coefficient (Wildman–Crippen LogP) is 3.20. The first-order valence-corrected chi connectivity index (χ1v) is 9.73. The van der Waals surface area contributed by atoms with Crippen LogP contribution in [0.5, 0.6) is 0 Å². The van der Waals surface area contributed by atoms with Crippen molar-refractivity contribution < 1.29 is 9.59 Å². The summed E-state index contributed by atoms with van der Waals surface area (Å²) in [7, 11) is 0. The van der Waals surface area contributed by atoms with E-state index in [4.69, 9.17) is 0 Å². The number of imidazole rings is 1. The molecule has 1 fully saturated rings. The SMILES string of the molecule is Cc1ccc(CNC(=O)c2nc(C(=O)N3CCCCC3)n3ccccc23)cc1. The second-order valence-corrected chi connectivity index (χ2v) is 7.26. The molecular weight excluding hydrogens is 352 g/mol. The molecule has 0 unspecified atom stereocenters. The molecule has 4 rings (SSSR count). The van der Waals surface area contributed by atoms with E-state index in [0.29, 0.717) is 17.9 Å². The Kier molecular flexibility index (Phi) is 5.10. The average Bonchev–Trinajstić information content (AvgIpc) is 3.13. The largest absolute Gasteiger partial charge is 0.347 e. The number of benzene rings is 1. The van der Waals surface area contributed by atoms with Crippen molar-refractivity contribution in [3.05, 3.63) is 71.3 Å². The molecule has 1 aliphatic heterocycles. The Morgan fingerprint density at radius 2 is 1.79 bits per heavy atom. The summed E-state index contributed by atoms with van der Waals surface area (Å²) in [4.78, 5) is 32.1. The summed E-state index contributed by atoms with van der Waals surface area (Å²) in [6.45, 7) is 3.94. The number of piperidine rings is 1. The molecule has 0 saturated carbocycles. The molecule has 1 N–H and O–H groups in total. The molecule has 0 spiro atoms. The maximum Gasteiger partial charge on any atom is 0.290 e. The Hall–Kier alpha value is -3.15. The minimum Gasteiger partial charge on any atom is -0.347 e. The van der Waals surface area contributed by atoms with Crippen LogP contribution in [0, 0.1) is 6.92 Å². The van der Waals surface area contributed by atoms with Gasteiger partial charge in [-0.25, -0.2) is 4.98 Å². The molecule has 6 nitrogen and oxygen atoms in total. The lowest BCUT2D eigenvalue weighted by Gasteiger charge is -2.25. The Balaban J connectivity index is 1.59. The molecule has 1 aliphatic rings. The maximum absolute atomic E-state index is 13.0. The Morgan fingerprint density at radius 3 is 2.54 bits per heavy atom. The summed E-state index contributed by atoms with van der Waals surface area (Å²) in [6, 6.07) is 13.5. The third kappa shape index (κ3) is 3.63. The number of hydrogen-bond donors (Lipinski definition) is 1. The number of amides is 2. The number of aryl methyl sites for hydroxylation is 1. The Morgan fingerprint density at radius 1 is 1.04 bits per heavy atom. The van der Waals surface area contributed by atoms with Gasteiger partial charge in [-0.05, 0) is 43.9 Å². The van der Waals surface area contributed by atoms with E-state index in [-0.39, 0.29) is 17.5 Å². The lowest BCUT2D eigenvalue weighted by Crippen LogP contribution is -2.36. The van der Waals surface area contributed by atoms with Gasteiger partial charge in [-0.1, -0.05) is 35.9 Å². The van der Waals surface area contributed by atoms with E-state index in [0.717, 1.165) is 37.9 Å². The number of fused-ring (bicyclic) bond motifs is 1. The lowest BCUT2D eigenvalue weighted by molar-refractivity contribution is 0.0711. The number of pyridine rings is 1. The van der Waals surface area contributed by atoms with Crippen molar-refractivity contribution >= 4 is 17.3 Å². The second kappa shape index (κ2) is 7.84. The van der Waals surface area contributed by atoms with Gasteiger partial charge < -0.3 is 10.2 Å². The number of nitrogens with zero attached hydrogens (tertiary/aromatic N) is 3. The fraction of sp³-hybridized carbons (Fsp3) is 0.318. The van der Waals surface area contributed by atoms with Crippen LogP contribution in [-0.2, 0) is 6.54 Å². The molecule has 3 aromatic rings. The van der Waals surface area contributed by atoms with Gasteiger partial charge in [-0.3, -0.25) is 14.0 Å². The molecule has 2 aromatic heterocycles. The minimum atomic E-state index is -0.276. The highest BCUT2D eigenvalue weighted by Gasteiger charge is 2.25. The van der Waals surface area contributed by atoms with E-state index in [9.17, 15) is 9.59 Å². The quantitative estimate of drug-likeness (QED) is 0.760. The molecule has 0 bridgehead atoms. The van der Waals surface area contributed by atoms with Gasteiger partial charge in [0.1, 0.15) is 0 Å². The maximum atomic E-state index is 13.0. The van der Waals surface area contributed by atoms with Gasteiger partial charge in [0.2, 0.25) is 5.82 Å². The lowest BCUT2D eigenvalue weighted by atomic mass is 10.1. The van der Waals surface area contributed by atoms with E-state index in [1.165, 1.54) is 5.56 Å². The zero-order chi connectivity index (χ0) is 19.5. The van der Waals surface area contributed by atoms with Gasteiger partial charge in [0.25, 0.3) is 11.8 Å². The van der Waals surface area contributed by atoms with Crippen LogP contribution in [0.4, 0.5) is 0 Å². The number of nitrogens with one attached hydrogen (secondary N) is 1. The molecular formula is C22H24N4O2. The van der Waals surface area contributed by atoms with Gasteiger partial charge in [-0.2, -0.15) is 0 Å². The first-order valence-electron chi connectivity index (χ1n) is 9.73. The van der Waals surface area contributed by atoms with Gasteiger partial charge in [-0.15, -0.1) is 0 Å². The van der Waals surface area contributed by atoms with Crippen molar-refractivity contribution in [2.45, 2.75) is 32.7 Å². The molecule has 144 valence electrons. The molecule has 28 heavy (non-hydrogen) atoms. The van der Waals surface area contributed by atoms with Crippen LogP contribution in [-0.4, -0.2) is 39.2 Å². The second-order valence-electron chi connectivity index (χ2n) is 7.26. The molecule has 3 heterocycles. The molecule has 0 atom stereocenters. The summed E-state index contributed by atoms with van der Waals surface area (Å²) in [6.07, 6.45) is 4.97. The van der Waals surface area contributed by atoms with Gasteiger partial charge in [0.05, 0.1) is 5.52 Å². The fourth-order valence-electron chi connectivity index (χ4n) is 3.57. The first kappa shape index (κ1) is 18.2. The van der Waals surface area contributed by atoms with E-state index in [1.54, 1.807) is 10.6 Å². The zero-order valence-electron chi connectivity index (χ0n) is 16.0. The molecule has 1 aromatic carbocycles. The first-order chi connectivity index (χ1) is 13.6.